The van der Waals surface area contributed by atoms with Crippen LogP contribution in [0, 0.1) is 0 Å². The largest absolute Gasteiger partial charge is 0.423 e. The van der Waals surface area contributed by atoms with Crippen molar-refractivity contribution in [2.24, 2.45) is 5.10 Å². The minimum Gasteiger partial charge on any atom is -0.423 e. The fourth-order valence-electron chi connectivity index (χ4n) is 1.59. The van der Waals surface area contributed by atoms with Crippen LogP contribution in [0.3, 0.4) is 0 Å². The van der Waals surface area contributed by atoms with E-state index < -0.39 is 0 Å². The predicted octanol–water partition coefficient (Wildman–Crippen LogP) is 3.56. The van der Waals surface area contributed by atoms with Crippen LogP contribution in [0.4, 0.5) is 0 Å². The van der Waals surface area contributed by atoms with E-state index in [4.69, 9.17) is 4.74 Å². The van der Waals surface area contributed by atoms with Gasteiger partial charge in [-0.3, -0.25) is 0 Å². The molecule has 0 unspecified atom stereocenters. The van der Waals surface area contributed by atoms with E-state index in [9.17, 15) is 4.79 Å². The number of hydrazone groups is 1. The van der Waals surface area contributed by atoms with E-state index in [0.29, 0.717) is 11.3 Å². The first-order valence-corrected chi connectivity index (χ1v) is 7.13. The third-order valence-electron chi connectivity index (χ3n) is 2.59. The molecule has 0 amide bonds. The number of hydrogen-bond donors (Lipinski definition) is 0. The lowest BCUT2D eigenvalue weighted by atomic mass is 10.2. The standard InChI is InChI=1S/C16H15BrN2O2/c1-19(2)18-11-12-6-8-15(9-7-12)21-16(20)13-4-3-5-14(17)10-13/h3-11H,1-2H3/b18-11+. The topological polar surface area (TPSA) is 41.9 Å². The lowest BCUT2D eigenvalue weighted by Crippen LogP contribution is -2.08. The molecule has 0 bridgehead atoms. The third kappa shape index (κ3) is 4.72. The average molecular weight is 347 g/mol. The van der Waals surface area contributed by atoms with Crippen molar-refractivity contribution in [2.75, 3.05) is 14.1 Å². The molecule has 0 radical (unpaired) electrons. The first-order chi connectivity index (χ1) is 10.0. The van der Waals surface area contributed by atoms with Gasteiger partial charge in [0.05, 0.1) is 11.8 Å². The van der Waals surface area contributed by atoms with Gasteiger partial charge in [0.25, 0.3) is 0 Å². The van der Waals surface area contributed by atoms with Gasteiger partial charge in [0.1, 0.15) is 5.75 Å². The van der Waals surface area contributed by atoms with Gasteiger partial charge in [0.2, 0.25) is 0 Å². The second-order valence-corrected chi connectivity index (χ2v) is 5.48. The quantitative estimate of drug-likeness (QED) is 0.368. The van der Waals surface area contributed by atoms with Crippen molar-refractivity contribution >= 4 is 28.1 Å². The highest BCUT2D eigenvalue weighted by atomic mass is 79.9. The summed E-state index contributed by atoms with van der Waals surface area (Å²) in [7, 11) is 3.70. The molecule has 0 aliphatic heterocycles. The Bertz CT molecular complexity index is 652. The van der Waals surface area contributed by atoms with Crippen LogP contribution in [0.2, 0.25) is 0 Å². The van der Waals surface area contributed by atoms with Crippen LogP contribution < -0.4 is 4.74 Å². The van der Waals surface area contributed by atoms with E-state index >= 15 is 0 Å². The van der Waals surface area contributed by atoms with E-state index in [2.05, 4.69) is 21.0 Å². The molecule has 21 heavy (non-hydrogen) atoms. The minimum absolute atomic E-state index is 0.383. The molecule has 0 fully saturated rings. The van der Waals surface area contributed by atoms with Crippen LogP contribution in [0.1, 0.15) is 15.9 Å². The summed E-state index contributed by atoms with van der Waals surface area (Å²) in [4.78, 5) is 12.0. The predicted molar refractivity (Wildman–Crippen MR) is 86.8 cm³/mol. The van der Waals surface area contributed by atoms with Gasteiger partial charge in [0, 0.05) is 18.6 Å². The molecule has 2 aromatic rings. The number of ether oxygens (including phenoxy) is 1. The molecule has 2 aromatic carbocycles. The molecule has 4 nitrogen and oxygen atoms in total. The molecule has 0 saturated carbocycles. The highest BCUT2D eigenvalue weighted by Crippen LogP contribution is 2.16. The van der Waals surface area contributed by atoms with Gasteiger partial charge in [-0.15, -0.1) is 0 Å². The summed E-state index contributed by atoms with van der Waals surface area (Å²) in [5, 5.41) is 5.85. The van der Waals surface area contributed by atoms with E-state index in [1.54, 1.807) is 41.6 Å². The number of halogens is 1. The van der Waals surface area contributed by atoms with Crippen molar-refractivity contribution in [3.05, 3.63) is 64.1 Å². The number of carbonyl (C=O) groups excluding carboxylic acids is 1. The van der Waals surface area contributed by atoms with E-state index in [1.807, 2.05) is 32.3 Å². The third-order valence-corrected chi connectivity index (χ3v) is 3.08. The van der Waals surface area contributed by atoms with Gasteiger partial charge in [-0.25, -0.2) is 4.79 Å². The van der Waals surface area contributed by atoms with Crippen LogP contribution in [-0.4, -0.2) is 31.3 Å². The summed E-state index contributed by atoms with van der Waals surface area (Å²) in [6, 6.07) is 14.3. The average Bonchev–Trinajstić information content (AvgIpc) is 2.46. The van der Waals surface area contributed by atoms with Crippen molar-refractivity contribution in [1.82, 2.24) is 5.01 Å². The molecule has 0 atom stereocenters. The van der Waals surface area contributed by atoms with E-state index in [-0.39, 0.29) is 5.97 Å². The van der Waals surface area contributed by atoms with Crippen molar-refractivity contribution in [2.45, 2.75) is 0 Å². The molecule has 0 N–H and O–H groups in total. The number of hydrogen-bond acceptors (Lipinski definition) is 4. The molecule has 2 rings (SSSR count). The lowest BCUT2D eigenvalue weighted by molar-refractivity contribution is 0.0734. The lowest BCUT2D eigenvalue weighted by Gasteiger charge is -2.05. The van der Waals surface area contributed by atoms with Crippen LogP contribution in [0.5, 0.6) is 5.75 Å². The second kappa shape index (κ2) is 7.04. The summed E-state index contributed by atoms with van der Waals surface area (Å²) in [5.41, 5.74) is 1.44. The fourth-order valence-corrected chi connectivity index (χ4v) is 1.98. The Balaban J connectivity index is 2.05. The highest BCUT2D eigenvalue weighted by Gasteiger charge is 2.08. The summed E-state index contributed by atoms with van der Waals surface area (Å²) in [6.07, 6.45) is 1.74. The molecule has 0 aromatic heterocycles. The first-order valence-electron chi connectivity index (χ1n) is 6.34. The van der Waals surface area contributed by atoms with Crippen molar-refractivity contribution < 1.29 is 9.53 Å². The second-order valence-electron chi connectivity index (χ2n) is 4.56. The normalized spacial score (nSPS) is 10.6. The number of benzene rings is 2. The van der Waals surface area contributed by atoms with Gasteiger partial charge < -0.3 is 9.75 Å². The van der Waals surface area contributed by atoms with Gasteiger partial charge in [-0.05, 0) is 48.0 Å². The van der Waals surface area contributed by atoms with E-state index in [0.717, 1.165) is 10.0 Å². The van der Waals surface area contributed by atoms with Crippen molar-refractivity contribution in [3.63, 3.8) is 0 Å². The van der Waals surface area contributed by atoms with E-state index in [1.165, 1.54) is 0 Å². The van der Waals surface area contributed by atoms with Crippen molar-refractivity contribution in [1.29, 1.82) is 0 Å². The van der Waals surface area contributed by atoms with Crippen LogP contribution in [0.15, 0.2) is 58.1 Å². The number of carbonyl (C=O) groups is 1. The first kappa shape index (κ1) is 15.3. The zero-order valence-electron chi connectivity index (χ0n) is 11.8. The smallest absolute Gasteiger partial charge is 0.343 e. The molecule has 0 spiro atoms. The zero-order valence-corrected chi connectivity index (χ0v) is 13.4. The van der Waals surface area contributed by atoms with Crippen LogP contribution >= 0.6 is 15.9 Å². The maximum atomic E-state index is 12.0. The zero-order chi connectivity index (χ0) is 15.2. The maximum absolute atomic E-state index is 12.0. The van der Waals surface area contributed by atoms with Crippen LogP contribution in [0.25, 0.3) is 0 Å². The fraction of sp³-hybridized carbons (Fsp3) is 0.125. The summed E-state index contributed by atoms with van der Waals surface area (Å²) < 4.78 is 6.16. The molecular weight excluding hydrogens is 332 g/mol. The van der Waals surface area contributed by atoms with Gasteiger partial charge in [-0.2, -0.15) is 5.10 Å². The Morgan fingerprint density at radius 2 is 1.90 bits per heavy atom. The Morgan fingerprint density at radius 1 is 1.19 bits per heavy atom. The van der Waals surface area contributed by atoms with Crippen LogP contribution in [-0.2, 0) is 0 Å². The maximum Gasteiger partial charge on any atom is 0.343 e. The number of rotatable bonds is 4. The molecular formula is C16H15BrN2O2. The summed E-state index contributed by atoms with van der Waals surface area (Å²) >= 11 is 3.33. The SMILES string of the molecule is CN(C)/N=C/c1ccc(OC(=O)c2cccc(Br)c2)cc1. The number of nitrogens with zero attached hydrogens (tertiary/aromatic N) is 2. The molecule has 0 aliphatic rings. The Labute approximate surface area is 132 Å². The summed E-state index contributed by atoms with van der Waals surface area (Å²) in [5.74, 6) is 0.119. The van der Waals surface area contributed by atoms with Gasteiger partial charge >= 0.3 is 5.97 Å². The van der Waals surface area contributed by atoms with Crippen molar-refractivity contribution in [3.8, 4) is 5.75 Å². The molecule has 0 heterocycles. The highest BCUT2D eigenvalue weighted by molar-refractivity contribution is 9.10. The minimum atomic E-state index is -0.383. The molecule has 0 aliphatic carbocycles. The molecule has 0 saturated heterocycles. The molecule has 5 heteroatoms. The van der Waals surface area contributed by atoms with Gasteiger partial charge in [-0.1, -0.05) is 22.0 Å². The Hall–Kier alpha value is -2.14. The molecule has 108 valence electrons. The Kier molecular flexibility index (Phi) is 5.11. The summed E-state index contributed by atoms with van der Waals surface area (Å²) in [6.45, 7) is 0. The Morgan fingerprint density at radius 3 is 2.52 bits per heavy atom. The monoisotopic (exact) mass is 346 g/mol. The van der Waals surface area contributed by atoms with Gasteiger partial charge in [0.15, 0.2) is 0 Å². The number of esters is 1.